The van der Waals surface area contributed by atoms with Crippen molar-refractivity contribution in [2.75, 3.05) is 18.4 Å². The summed E-state index contributed by atoms with van der Waals surface area (Å²) in [5, 5.41) is 3.25. The second kappa shape index (κ2) is 5.91. The number of rotatable bonds is 5. The molecule has 1 aromatic rings. The number of nitrogens with zero attached hydrogens (tertiary/aromatic N) is 1. The van der Waals surface area contributed by atoms with Crippen molar-refractivity contribution in [1.29, 1.82) is 0 Å². The van der Waals surface area contributed by atoms with Gasteiger partial charge in [-0.3, -0.25) is 4.79 Å². The summed E-state index contributed by atoms with van der Waals surface area (Å²) in [7, 11) is 0. The van der Waals surface area contributed by atoms with Crippen molar-refractivity contribution < 1.29 is 4.79 Å². The summed E-state index contributed by atoms with van der Waals surface area (Å²) in [5.41, 5.74) is 2.27. The fourth-order valence-electron chi connectivity index (χ4n) is 2.10. The molecule has 4 heteroatoms. The highest BCUT2D eigenvalue weighted by atomic mass is 127. The Kier molecular flexibility index (Phi) is 4.48. The zero-order valence-electron chi connectivity index (χ0n) is 10.9. The molecule has 18 heavy (non-hydrogen) atoms. The molecule has 1 aliphatic rings. The Labute approximate surface area is 122 Å². The first-order chi connectivity index (χ1) is 8.63. The van der Waals surface area contributed by atoms with E-state index in [1.807, 2.05) is 24.0 Å². The molecule has 0 saturated heterocycles. The fraction of sp³-hybridized carbons (Fsp3) is 0.500. The SMILES string of the molecule is CCN(C(=O)CNc1cccc(I)c1C)C1CC1. The maximum Gasteiger partial charge on any atom is 0.242 e. The second-order valence-corrected chi connectivity index (χ2v) is 5.84. The van der Waals surface area contributed by atoms with Crippen LogP contribution in [0, 0.1) is 10.5 Å². The van der Waals surface area contributed by atoms with Crippen molar-refractivity contribution in [2.45, 2.75) is 32.7 Å². The van der Waals surface area contributed by atoms with Crippen LogP contribution >= 0.6 is 22.6 Å². The number of hydrogen-bond acceptors (Lipinski definition) is 2. The molecular formula is C14H19IN2O. The highest BCUT2D eigenvalue weighted by Crippen LogP contribution is 2.26. The first-order valence-electron chi connectivity index (χ1n) is 6.42. The van der Waals surface area contributed by atoms with Crippen molar-refractivity contribution in [1.82, 2.24) is 4.90 Å². The van der Waals surface area contributed by atoms with Crippen LogP contribution in [0.5, 0.6) is 0 Å². The van der Waals surface area contributed by atoms with Crippen LogP contribution in [0.25, 0.3) is 0 Å². The smallest absolute Gasteiger partial charge is 0.242 e. The predicted molar refractivity (Wildman–Crippen MR) is 82.8 cm³/mol. The third-order valence-corrected chi connectivity index (χ3v) is 4.52. The lowest BCUT2D eigenvalue weighted by Gasteiger charge is -2.21. The van der Waals surface area contributed by atoms with E-state index in [-0.39, 0.29) is 5.91 Å². The van der Waals surface area contributed by atoms with Crippen molar-refractivity contribution in [3.8, 4) is 0 Å². The molecule has 0 spiro atoms. The van der Waals surface area contributed by atoms with Crippen LogP contribution in [0.15, 0.2) is 18.2 Å². The average molecular weight is 358 g/mol. The topological polar surface area (TPSA) is 32.3 Å². The lowest BCUT2D eigenvalue weighted by Crippen LogP contribution is -2.37. The number of likely N-dealkylation sites (N-methyl/N-ethyl adjacent to an activating group) is 1. The Morgan fingerprint density at radius 1 is 1.50 bits per heavy atom. The van der Waals surface area contributed by atoms with Gasteiger partial charge in [-0.15, -0.1) is 0 Å². The molecule has 1 aliphatic carbocycles. The lowest BCUT2D eigenvalue weighted by atomic mass is 10.2. The van der Waals surface area contributed by atoms with Gasteiger partial charge in [0.15, 0.2) is 0 Å². The maximum absolute atomic E-state index is 12.1. The second-order valence-electron chi connectivity index (χ2n) is 4.68. The van der Waals surface area contributed by atoms with E-state index in [4.69, 9.17) is 0 Å². The van der Waals surface area contributed by atoms with Gasteiger partial charge in [0.1, 0.15) is 0 Å². The molecular weight excluding hydrogens is 339 g/mol. The summed E-state index contributed by atoms with van der Waals surface area (Å²) in [4.78, 5) is 14.1. The molecule has 1 N–H and O–H groups in total. The van der Waals surface area contributed by atoms with E-state index in [0.717, 1.165) is 12.2 Å². The highest BCUT2D eigenvalue weighted by Gasteiger charge is 2.30. The Bertz CT molecular complexity index is 443. The first-order valence-corrected chi connectivity index (χ1v) is 7.49. The van der Waals surface area contributed by atoms with E-state index in [2.05, 4.69) is 40.9 Å². The molecule has 0 atom stereocenters. The fourth-order valence-corrected chi connectivity index (χ4v) is 2.59. The predicted octanol–water partition coefficient (Wildman–Crippen LogP) is 3.02. The molecule has 1 saturated carbocycles. The van der Waals surface area contributed by atoms with Crippen LogP contribution in [0.1, 0.15) is 25.3 Å². The number of hydrogen-bond donors (Lipinski definition) is 1. The number of amides is 1. The molecule has 0 radical (unpaired) electrons. The van der Waals surface area contributed by atoms with Gasteiger partial charge >= 0.3 is 0 Å². The quantitative estimate of drug-likeness (QED) is 0.821. The average Bonchev–Trinajstić information content (AvgIpc) is 3.16. The molecule has 0 aromatic heterocycles. The van der Waals surface area contributed by atoms with Crippen molar-refractivity contribution >= 4 is 34.2 Å². The third-order valence-electron chi connectivity index (χ3n) is 3.35. The van der Waals surface area contributed by atoms with E-state index in [0.29, 0.717) is 12.6 Å². The minimum Gasteiger partial charge on any atom is -0.376 e. The lowest BCUT2D eigenvalue weighted by molar-refractivity contribution is -0.129. The Morgan fingerprint density at radius 2 is 2.22 bits per heavy atom. The molecule has 0 aliphatic heterocycles. The Morgan fingerprint density at radius 3 is 2.83 bits per heavy atom. The van der Waals surface area contributed by atoms with E-state index < -0.39 is 0 Å². The van der Waals surface area contributed by atoms with Gasteiger partial charge < -0.3 is 10.2 Å². The van der Waals surface area contributed by atoms with Gasteiger partial charge in [0.05, 0.1) is 6.54 Å². The van der Waals surface area contributed by atoms with Crippen LogP contribution in [0.2, 0.25) is 0 Å². The number of carbonyl (C=O) groups excluding carboxylic acids is 1. The van der Waals surface area contributed by atoms with Gasteiger partial charge in [0, 0.05) is 21.8 Å². The van der Waals surface area contributed by atoms with Crippen molar-refractivity contribution in [3.63, 3.8) is 0 Å². The monoisotopic (exact) mass is 358 g/mol. The van der Waals surface area contributed by atoms with Crippen LogP contribution in [-0.4, -0.2) is 29.9 Å². The number of carbonyl (C=O) groups is 1. The van der Waals surface area contributed by atoms with Crippen LogP contribution in [-0.2, 0) is 4.79 Å². The summed E-state index contributed by atoms with van der Waals surface area (Å²) in [6.45, 7) is 5.34. The van der Waals surface area contributed by atoms with Crippen molar-refractivity contribution in [3.05, 3.63) is 27.3 Å². The van der Waals surface area contributed by atoms with Gasteiger partial charge in [0.2, 0.25) is 5.91 Å². The molecule has 1 amide bonds. The molecule has 1 fully saturated rings. The standard InChI is InChI=1S/C14H19IN2O/c1-3-17(11-7-8-11)14(18)9-16-13-6-4-5-12(15)10(13)2/h4-6,11,16H,3,7-9H2,1-2H3. The summed E-state index contributed by atoms with van der Waals surface area (Å²) >= 11 is 2.31. The van der Waals surface area contributed by atoms with Gasteiger partial charge in [-0.05, 0) is 67.0 Å². The van der Waals surface area contributed by atoms with Crippen LogP contribution < -0.4 is 5.32 Å². The number of benzene rings is 1. The summed E-state index contributed by atoms with van der Waals surface area (Å²) < 4.78 is 1.22. The summed E-state index contributed by atoms with van der Waals surface area (Å²) in [6, 6.07) is 6.62. The molecule has 2 rings (SSSR count). The zero-order chi connectivity index (χ0) is 13.1. The van der Waals surface area contributed by atoms with Gasteiger partial charge in [0.25, 0.3) is 0 Å². The van der Waals surface area contributed by atoms with E-state index in [1.54, 1.807) is 0 Å². The number of anilines is 1. The molecule has 0 unspecified atom stereocenters. The maximum atomic E-state index is 12.1. The molecule has 0 bridgehead atoms. The highest BCUT2D eigenvalue weighted by molar-refractivity contribution is 14.1. The van der Waals surface area contributed by atoms with Gasteiger partial charge in [-0.2, -0.15) is 0 Å². The third kappa shape index (κ3) is 3.16. The van der Waals surface area contributed by atoms with E-state index in [1.165, 1.54) is 22.0 Å². The van der Waals surface area contributed by atoms with Crippen LogP contribution in [0.4, 0.5) is 5.69 Å². The van der Waals surface area contributed by atoms with E-state index >= 15 is 0 Å². The minimum absolute atomic E-state index is 0.207. The number of halogens is 1. The largest absolute Gasteiger partial charge is 0.376 e. The van der Waals surface area contributed by atoms with Crippen molar-refractivity contribution in [2.24, 2.45) is 0 Å². The minimum atomic E-state index is 0.207. The first kappa shape index (κ1) is 13.6. The summed E-state index contributed by atoms with van der Waals surface area (Å²) in [5.74, 6) is 0.207. The molecule has 1 aromatic carbocycles. The molecule has 3 nitrogen and oxygen atoms in total. The van der Waals surface area contributed by atoms with Gasteiger partial charge in [-0.1, -0.05) is 6.07 Å². The van der Waals surface area contributed by atoms with Gasteiger partial charge in [-0.25, -0.2) is 0 Å². The van der Waals surface area contributed by atoms with Crippen LogP contribution in [0.3, 0.4) is 0 Å². The molecule has 98 valence electrons. The van der Waals surface area contributed by atoms with E-state index in [9.17, 15) is 4.79 Å². The number of nitrogens with one attached hydrogen (secondary N) is 1. The molecule has 0 heterocycles. The zero-order valence-corrected chi connectivity index (χ0v) is 13.0. The Hall–Kier alpha value is -0.780. The Balaban J connectivity index is 1.94. The summed E-state index contributed by atoms with van der Waals surface area (Å²) in [6.07, 6.45) is 2.34. The normalized spacial score (nSPS) is 14.4.